The highest BCUT2D eigenvalue weighted by atomic mass is 16.2. The summed E-state index contributed by atoms with van der Waals surface area (Å²) in [4.78, 5) is 40.3. The third-order valence-corrected chi connectivity index (χ3v) is 6.20. The van der Waals surface area contributed by atoms with Crippen LogP contribution in [0.5, 0.6) is 0 Å². The summed E-state index contributed by atoms with van der Waals surface area (Å²) in [7, 11) is 0. The summed E-state index contributed by atoms with van der Waals surface area (Å²) in [6, 6.07) is 5.25. The lowest BCUT2D eigenvalue weighted by atomic mass is 10.0. The van der Waals surface area contributed by atoms with Crippen LogP contribution in [0.4, 0.5) is 11.5 Å². The average Bonchev–Trinajstić information content (AvgIpc) is 3.19. The first-order valence-electron chi connectivity index (χ1n) is 10.3. The van der Waals surface area contributed by atoms with Crippen molar-refractivity contribution in [2.45, 2.75) is 51.9 Å². The molecular weight excluding hydrogens is 384 g/mol. The van der Waals surface area contributed by atoms with E-state index >= 15 is 0 Å². The Labute approximate surface area is 173 Å². The van der Waals surface area contributed by atoms with Gasteiger partial charge in [0.2, 0.25) is 11.8 Å². The number of nitrogens with zero attached hydrogens (tertiary/aromatic N) is 4. The van der Waals surface area contributed by atoms with E-state index in [1.54, 1.807) is 4.90 Å². The minimum absolute atomic E-state index is 0.151. The van der Waals surface area contributed by atoms with Gasteiger partial charge in [0.1, 0.15) is 6.04 Å². The Morgan fingerprint density at radius 3 is 2.87 bits per heavy atom. The van der Waals surface area contributed by atoms with Gasteiger partial charge in [0, 0.05) is 38.2 Å². The fourth-order valence-electron chi connectivity index (χ4n) is 4.69. The number of piperidine rings is 1. The topological polar surface area (TPSA) is 114 Å². The number of aromatic nitrogens is 2. The van der Waals surface area contributed by atoms with Crippen LogP contribution < -0.4 is 16.0 Å². The Kier molecular flexibility index (Phi) is 4.27. The van der Waals surface area contributed by atoms with Crippen molar-refractivity contribution in [2.24, 2.45) is 0 Å². The van der Waals surface area contributed by atoms with Crippen LogP contribution in [0.1, 0.15) is 46.4 Å². The number of amides is 3. The van der Waals surface area contributed by atoms with Crippen LogP contribution in [0, 0.1) is 6.92 Å². The van der Waals surface area contributed by atoms with Crippen molar-refractivity contribution in [3.8, 4) is 0 Å². The number of nitrogens with one attached hydrogen (secondary N) is 1. The average molecular weight is 408 g/mol. The summed E-state index contributed by atoms with van der Waals surface area (Å²) in [6.07, 6.45) is 1.62. The zero-order valence-corrected chi connectivity index (χ0v) is 16.9. The van der Waals surface area contributed by atoms with Crippen LogP contribution in [-0.2, 0) is 29.2 Å². The van der Waals surface area contributed by atoms with E-state index in [1.165, 1.54) is 0 Å². The van der Waals surface area contributed by atoms with Crippen LogP contribution in [0.15, 0.2) is 18.2 Å². The zero-order chi connectivity index (χ0) is 21.0. The summed E-state index contributed by atoms with van der Waals surface area (Å²) in [5, 5.41) is 6.86. The maximum atomic E-state index is 12.9. The van der Waals surface area contributed by atoms with Crippen LogP contribution in [0.2, 0.25) is 0 Å². The number of nitrogens with two attached hydrogens (primary N) is 1. The van der Waals surface area contributed by atoms with Gasteiger partial charge in [-0.2, -0.15) is 5.10 Å². The molecule has 0 saturated carbocycles. The molecule has 0 radical (unpaired) electrons. The first-order chi connectivity index (χ1) is 14.4. The van der Waals surface area contributed by atoms with Crippen molar-refractivity contribution < 1.29 is 14.4 Å². The molecule has 1 atom stereocenters. The van der Waals surface area contributed by atoms with Crippen molar-refractivity contribution in [3.05, 3.63) is 40.6 Å². The van der Waals surface area contributed by atoms with E-state index in [9.17, 15) is 14.4 Å². The van der Waals surface area contributed by atoms with E-state index in [4.69, 9.17) is 5.73 Å². The number of rotatable bonds is 3. The number of carbonyl (C=O) groups excluding carboxylic acids is 3. The minimum Gasteiger partial charge on any atom is -0.394 e. The van der Waals surface area contributed by atoms with E-state index in [-0.39, 0.29) is 24.1 Å². The molecular formula is C21H24N6O3. The number of anilines is 2. The van der Waals surface area contributed by atoms with E-state index in [0.29, 0.717) is 25.1 Å². The van der Waals surface area contributed by atoms with Crippen molar-refractivity contribution in [2.75, 3.05) is 17.2 Å². The maximum Gasteiger partial charge on any atom is 0.255 e. The standard InChI is InChI=1S/C21H24N6O3/c1-12-18(22)20-25(7-2-8-27(20)24-12)10-13-3-4-15-14(9-13)11-26(21(15)30)16-5-6-17(28)23-19(16)29/h3-4,9,16H,2,5-8,10-11,22H2,1H3,(H,23,28,29). The molecule has 156 valence electrons. The molecule has 3 amide bonds. The van der Waals surface area contributed by atoms with Gasteiger partial charge in [0.05, 0.1) is 11.4 Å². The first-order valence-corrected chi connectivity index (χ1v) is 10.3. The highest BCUT2D eigenvalue weighted by molar-refractivity contribution is 6.05. The van der Waals surface area contributed by atoms with Crippen molar-refractivity contribution in [1.82, 2.24) is 20.0 Å². The van der Waals surface area contributed by atoms with Gasteiger partial charge in [0.15, 0.2) is 5.82 Å². The maximum absolute atomic E-state index is 12.9. The van der Waals surface area contributed by atoms with Crippen LogP contribution >= 0.6 is 0 Å². The summed E-state index contributed by atoms with van der Waals surface area (Å²) >= 11 is 0. The Balaban J connectivity index is 1.37. The molecule has 3 N–H and O–H groups in total. The Hall–Kier alpha value is -3.36. The predicted molar refractivity (Wildman–Crippen MR) is 110 cm³/mol. The molecule has 1 fully saturated rings. The monoisotopic (exact) mass is 408 g/mol. The molecule has 3 aliphatic rings. The third kappa shape index (κ3) is 2.92. The number of hydrogen-bond acceptors (Lipinski definition) is 6. The van der Waals surface area contributed by atoms with Crippen LogP contribution in [-0.4, -0.2) is 45.0 Å². The number of fused-ring (bicyclic) bond motifs is 2. The van der Waals surface area contributed by atoms with Crippen LogP contribution in [0.3, 0.4) is 0 Å². The molecule has 4 heterocycles. The number of nitrogen functional groups attached to an aromatic ring is 1. The van der Waals surface area contributed by atoms with Gasteiger partial charge >= 0.3 is 0 Å². The Morgan fingerprint density at radius 1 is 1.23 bits per heavy atom. The Bertz CT molecular complexity index is 1070. The second-order valence-electron chi connectivity index (χ2n) is 8.21. The van der Waals surface area contributed by atoms with Gasteiger partial charge in [0.25, 0.3) is 5.91 Å². The van der Waals surface area contributed by atoms with Crippen molar-refractivity contribution in [1.29, 1.82) is 0 Å². The van der Waals surface area contributed by atoms with Crippen molar-refractivity contribution >= 4 is 29.2 Å². The third-order valence-electron chi connectivity index (χ3n) is 6.20. The van der Waals surface area contributed by atoms with Gasteiger partial charge in [-0.25, -0.2) is 4.68 Å². The lowest BCUT2D eigenvalue weighted by Gasteiger charge is -2.30. The molecule has 0 bridgehead atoms. The van der Waals surface area contributed by atoms with Gasteiger partial charge in [-0.15, -0.1) is 0 Å². The normalized spacial score (nSPS) is 21.0. The molecule has 5 rings (SSSR count). The van der Waals surface area contributed by atoms with Gasteiger partial charge in [-0.3, -0.25) is 19.7 Å². The van der Waals surface area contributed by atoms with Gasteiger partial charge < -0.3 is 15.5 Å². The fraction of sp³-hybridized carbons (Fsp3) is 0.429. The Morgan fingerprint density at radius 2 is 2.07 bits per heavy atom. The largest absolute Gasteiger partial charge is 0.394 e. The zero-order valence-electron chi connectivity index (χ0n) is 16.9. The number of carbonyl (C=O) groups is 3. The molecule has 2 aromatic rings. The SMILES string of the molecule is Cc1nn2c(c1N)N(Cc1ccc3c(c1)CN(C1CCC(=O)NC1=O)C3=O)CCC2. The second kappa shape index (κ2) is 6.86. The molecule has 1 aromatic heterocycles. The van der Waals surface area contributed by atoms with E-state index < -0.39 is 6.04 Å². The lowest BCUT2D eigenvalue weighted by Crippen LogP contribution is -2.52. The predicted octanol–water partition coefficient (Wildman–Crippen LogP) is 0.945. The number of benzene rings is 1. The van der Waals surface area contributed by atoms with Gasteiger partial charge in [-0.05, 0) is 37.0 Å². The second-order valence-corrected chi connectivity index (χ2v) is 8.21. The van der Waals surface area contributed by atoms with E-state index in [0.717, 1.165) is 47.8 Å². The molecule has 30 heavy (non-hydrogen) atoms. The number of aryl methyl sites for hydroxylation is 2. The molecule has 3 aliphatic heterocycles. The molecule has 0 aliphatic carbocycles. The molecule has 9 heteroatoms. The smallest absolute Gasteiger partial charge is 0.255 e. The minimum atomic E-state index is -0.592. The van der Waals surface area contributed by atoms with E-state index in [2.05, 4.69) is 15.3 Å². The van der Waals surface area contributed by atoms with Gasteiger partial charge in [-0.1, -0.05) is 12.1 Å². The lowest BCUT2D eigenvalue weighted by molar-refractivity contribution is -0.136. The molecule has 1 unspecified atom stereocenters. The van der Waals surface area contributed by atoms with E-state index in [1.807, 2.05) is 29.8 Å². The highest BCUT2D eigenvalue weighted by Crippen LogP contribution is 2.32. The number of hydrogen-bond donors (Lipinski definition) is 2. The summed E-state index contributed by atoms with van der Waals surface area (Å²) < 4.78 is 1.97. The molecule has 0 spiro atoms. The molecule has 1 saturated heterocycles. The molecule has 1 aromatic carbocycles. The van der Waals surface area contributed by atoms with Crippen molar-refractivity contribution in [3.63, 3.8) is 0 Å². The summed E-state index contributed by atoms with van der Waals surface area (Å²) in [5.41, 5.74) is 10.4. The fourth-order valence-corrected chi connectivity index (χ4v) is 4.69. The quantitative estimate of drug-likeness (QED) is 0.731. The molecule has 9 nitrogen and oxygen atoms in total. The number of imide groups is 1. The first kappa shape index (κ1) is 18.7. The summed E-state index contributed by atoms with van der Waals surface area (Å²) in [5.74, 6) is 0.139. The van der Waals surface area contributed by atoms with Crippen LogP contribution in [0.25, 0.3) is 0 Å². The summed E-state index contributed by atoms with van der Waals surface area (Å²) in [6.45, 7) is 4.74. The highest BCUT2D eigenvalue weighted by Gasteiger charge is 2.39.